The molecule has 0 atom stereocenters. The molecule has 0 saturated heterocycles. The van der Waals surface area contributed by atoms with Gasteiger partial charge in [-0.1, -0.05) is 60.7 Å². The molecule has 0 saturated carbocycles. The maximum atomic E-state index is 9.10. The van der Waals surface area contributed by atoms with Crippen molar-refractivity contribution in [3.8, 4) is 45.3 Å². The van der Waals surface area contributed by atoms with E-state index in [4.69, 9.17) is 16.6 Å². The number of benzene rings is 8. The van der Waals surface area contributed by atoms with Crippen LogP contribution in [0, 0.1) is 3.80 Å². The summed E-state index contributed by atoms with van der Waals surface area (Å²) in [6.07, 6.45) is 0. The first-order valence-corrected chi connectivity index (χ1v) is 23.0. The molecule has 0 bridgehead atoms. The van der Waals surface area contributed by atoms with Gasteiger partial charge in [0.1, 0.15) is 0 Å². The van der Waals surface area contributed by atoms with E-state index in [1.54, 1.807) is 0 Å². The summed E-state index contributed by atoms with van der Waals surface area (Å²) in [4.78, 5) is 10.0. The van der Waals surface area contributed by atoms with Crippen molar-refractivity contribution in [2.24, 2.45) is 0 Å². The number of pyridine rings is 1. The molecule has 11 rings (SSSR count). The Morgan fingerprint density at radius 3 is 1.82 bits per heavy atom. The number of para-hydroxylation sites is 6. The van der Waals surface area contributed by atoms with Gasteiger partial charge in [0.15, 0.2) is 0 Å². The van der Waals surface area contributed by atoms with Crippen molar-refractivity contribution in [1.29, 1.82) is 0 Å². The predicted octanol–water partition coefficient (Wildman–Crippen LogP) is 14.0. The van der Waals surface area contributed by atoms with Gasteiger partial charge in [-0.15, -0.1) is 0 Å². The summed E-state index contributed by atoms with van der Waals surface area (Å²) < 4.78 is 55.8. The Morgan fingerprint density at radius 2 is 1.12 bits per heavy atom. The van der Waals surface area contributed by atoms with E-state index in [0.29, 0.717) is 22.9 Å². The van der Waals surface area contributed by atoms with Gasteiger partial charge in [-0.25, -0.2) is 0 Å². The van der Waals surface area contributed by atoms with E-state index in [1.165, 1.54) is 0 Å². The Morgan fingerprint density at radius 1 is 0.545 bits per heavy atom. The van der Waals surface area contributed by atoms with Crippen LogP contribution >= 0.6 is 0 Å². The van der Waals surface area contributed by atoms with Gasteiger partial charge in [0.2, 0.25) is 0 Å². The molecular weight excluding hydrogens is 989 g/mol. The van der Waals surface area contributed by atoms with E-state index in [2.05, 4.69) is 144 Å². The number of hydrogen-bond donors (Lipinski definition) is 0. The van der Waals surface area contributed by atoms with Crippen LogP contribution in [0.1, 0.15) is 33.2 Å². The van der Waals surface area contributed by atoms with E-state index >= 15 is 0 Å². The Hall–Kier alpha value is -7.47. The summed E-state index contributed by atoms with van der Waals surface area (Å²) in [7, 11) is 0. The minimum atomic E-state index is -0.436. The van der Waals surface area contributed by atoms with E-state index in [0.717, 1.165) is 65.6 Å². The van der Waals surface area contributed by atoms with Crippen LogP contribution in [-0.2, 0) is 24.8 Å². The topological polar surface area (TPSA) is 38.5 Å². The summed E-state index contributed by atoms with van der Waals surface area (Å²) >= 11 is 2.34. The van der Waals surface area contributed by atoms with Crippen LogP contribution in [-0.4, -0.2) is 21.1 Å². The molecule has 66 heavy (non-hydrogen) atoms. The van der Waals surface area contributed by atoms with E-state index in [-0.39, 0.29) is 42.1 Å². The molecule has 0 fully saturated rings. The first kappa shape index (κ1) is 35.8. The maximum absolute atomic E-state index is 9.10. The molecule has 0 amide bonds. The molecule has 1 aliphatic rings. The van der Waals surface area contributed by atoms with Gasteiger partial charge < -0.3 is 0 Å². The molecular formula is C58H46BN5OPt. The Bertz CT molecular complexity index is 3700. The molecule has 1 aliphatic heterocycles. The van der Waals surface area contributed by atoms with Crippen molar-refractivity contribution in [3.63, 3.8) is 0 Å². The van der Waals surface area contributed by atoms with Crippen LogP contribution in [0.25, 0.3) is 44.7 Å². The van der Waals surface area contributed by atoms with E-state index in [1.807, 2.05) is 109 Å². The zero-order valence-corrected chi connectivity index (χ0v) is 38.8. The van der Waals surface area contributed by atoms with Crippen molar-refractivity contribution < 1.29 is 30.9 Å². The number of aromatic nitrogens is 3. The molecule has 8 aromatic carbocycles. The number of nitrogens with zero attached hydrogens (tertiary/aromatic N) is 5. The third-order valence-electron chi connectivity index (χ3n) is 12.0. The fraction of sp³-hybridized carbons (Fsp3) is 0.0690. The molecule has 0 N–H and O–H groups in total. The molecule has 322 valence electrons. The van der Waals surface area contributed by atoms with Crippen molar-refractivity contribution in [2.75, 3.05) is 9.62 Å². The monoisotopic (exact) mass is 1040 g/mol. The number of imidazole rings is 1. The van der Waals surface area contributed by atoms with Crippen LogP contribution in [0.4, 0.5) is 22.9 Å². The third-order valence-corrected chi connectivity index (χ3v) is 13.1. The molecule has 0 unspecified atom stereocenters. The number of rotatable bonds is 9. The van der Waals surface area contributed by atoms with Crippen molar-refractivity contribution in [3.05, 3.63) is 234 Å². The number of ether oxygens (including phenoxy) is 1. The molecule has 3 heterocycles. The molecule has 8 heteroatoms. The fourth-order valence-electron chi connectivity index (χ4n) is 8.99. The third kappa shape index (κ3) is 7.49. The minimum absolute atomic E-state index is 0.129. The second-order valence-electron chi connectivity index (χ2n) is 17.2. The zero-order valence-electron chi connectivity index (χ0n) is 41.5. The van der Waals surface area contributed by atoms with Crippen LogP contribution in [0.15, 0.2) is 224 Å². The molecule has 10 aromatic rings. The Balaban J connectivity index is 1.06. The van der Waals surface area contributed by atoms with Gasteiger partial charge in [-0.2, -0.15) is 0 Å². The summed E-state index contributed by atoms with van der Waals surface area (Å²) in [5.41, 5.74) is 10.7. The standard InChI is InChI=1S/C58H46BN5O.Pt/c1-58(2,3)44-38-55(64-54-37-19-18-36-53(54)63(46-28-14-7-15-29-46)59(64)45-26-12-6-13-27-45)60-56(39-44)65-48-31-20-30-47(40-48)61-41-62(52-35-17-16-34-51(52)61)57-49(42-22-8-4-9-23-42)32-21-33-50(57)43-24-10-5-11-25-43;/h4-40H,1-3H3;/i4D,8D,9D,22D,23D;. The average molecular weight is 1040 g/mol. The van der Waals surface area contributed by atoms with E-state index < -0.39 is 6.04 Å². The number of fused-ring (bicyclic) bond motifs is 2. The van der Waals surface area contributed by atoms with Gasteiger partial charge in [0, 0.05) is 5.69 Å². The quantitative estimate of drug-likeness (QED) is 0.135. The van der Waals surface area contributed by atoms with E-state index in [9.17, 15) is 0 Å². The van der Waals surface area contributed by atoms with Crippen LogP contribution < -0.4 is 19.8 Å². The fourth-order valence-corrected chi connectivity index (χ4v) is 10.1. The van der Waals surface area contributed by atoms with Crippen molar-refractivity contribution in [1.82, 2.24) is 14.1 Å². The van der Waals surface area contributed by atoms with Crippen molar-refractivity contribution >= 4 is 46.4 Å². The second-order valence-corrected chi connectivity index (χ2v) is 18.2. The molecule has 0 aliphatic carbocycles. The molecule has 0 radical (unpaired) electrons. The molecule has 2 aromatic heterocycles. The van der Waals surface area contributed by atoms with Gasteiger partial charge in [0.25, 0.3) is 0 Å². The summed E-state index contributed by atoms with van der Waals surface area (Å²) in [6, 6.07) is 63.8. The van der Waals surface area contributed by atoms with Crippen LogP contribution in [0.5, 0.6) is 11.6 Å². The summed E-state index contributed by atoms with van der Waals surface area (Å²) in [6.45, 7) is 6.35. The van der Waals surface area contributed by atoms with Gasteiger partial charge in [-0.3, -0.25) is 0 Å². The average Bonchev–Trinajstić information content (AvgIpc) is 3.90. The van der Waals surface area contributed by atoms with Gasteiger partial charge >= 0.3 is 322 Å². The first-order chi connectivity index (χ1) is 34.4. The van der Waals surface area contributed by atoms with Crippen molar-refractivity contribution in [2.45, 2.75) is 26.2 Å². The van der Waals surface area contributed by atoms with Gasteiger partial charge in [0.05, 0.1) is 0 Å². The van der Waals surface area contributed by atoms with Crippen LogP contribution in [0.2, 0.25) is 0 Å². The number of anilines is 4. The molecule has 6 nitrogen and oxygen atoms in total. The Labute approximate surface area is 404 Å². The summed E-state index contributed by atoms with van der Waals surface area (Å²) in [5, 5.41) is 0. The normalized spacial score (nSPS) is 13.5. The summed E-state index contributed by atoms with van der Waals surface area (Å²) in [5.74, 6) is 1.79. The molecule has 0 spiro atoms. The second kappa shape index (κ2) is 17.2. The van der Waals surface area contributed by atoms with Gasteiger partial charge in [-0.05, 0) is 18.2 Å². The predicted molar refractivity (Wildman–Crippen MR) is 269 cm³/mol. The number of hydrogen-bond acceptors (Lipinski definition) is 4. The van der Waals surface area contributed by atoms with Crippen LogP contribution in [0.3, 0.4) is 0 Å². The SMILES string of the molecule is [2H]c1c([2H])c([2H])c(-c2cccc(-c3ccccc3)c2-n2[c](=[Pt])n(-c3cccc(Oc4cc(C(C)(C)C)cc(N5B(c6ccccc6)N(c6ccccc6)c6ccccc65)n4)c3)c3ccccc32)c([2H])c1[2H]. The zero-order chi connectivity index (χ0) is 49.1. The Kier molecular flexibility index (Phi) is 9.31. The first-order valence-electron chi connectivity index (χ1n) is 24.4.